The van der Waals surface area contributed by atoms with Gasteiger partial charge in [-0.05, 0) is 0 Å². The summed E-state index contributed by atoms with van der Waals surface area (Å²) in [5.41, 5.74) is 11.4. The van der Waals surface area contributed by atoms with Gasteiger partial charge in [-0.25, -0.2) is 0 Å². The molecule has 41 heteroatoms. The minimum absolute atomic E-state index is 0.319. The number of carbonyl (C=O) groups is 2. The van der Waals surface area contributed by atoms with Gasteiger partial charge in [-0.2, -0.15) is 23.5 Å². The van der Waals surface area contributed by atoms with Crippen molar-refractivity contribution in [3.05, 3.63) is 0 Å². The summed E-state index contributed by atoms with van der Waals surface area (Å²) in [5.74, 6) is -4.26. The smallest absolute Gasteiger partial charge is 0.321 e. The second-order valence-corrected chi connectivity index (χ2v) is 24.4. The monoisotopic (exact) mass is 1340 g/mol. The maximum absolute atomic E-state index is 11.7. The number of hydrogen-bond acceptors (Lipinski definition) is 39. The van der Waals surface area contributed by atoms with Gasteiger partial charge in [0.15, 0.2) is 44.0 Å². The third-order valence-corrected chi connectivity index (χ3v) is 18.5. The summed E-state index contributed by atoms with van der Waals surface area (Å²) in [5, 5.41) is 233. The van der Waals surface area contributed by atoms with Crippen LogP contribution in [0.2, 0.25) is 0 Å². The van der Waals surface area contributed by atoms with E-state index >= 15 is 0 Å². The molecule has 39 nitrogen and oxygen atoms in total. The first-order chi connectivity index (χ1) is 42.2. The number of rotatable bonds is 15. The summed E-state index contributed by atoms with van der Waals surface area (Å²) in [6.07, 6.45) is -71.4. The Hall–Kier alpha value is -1.76. The van der Waals surface area contributed by atoms with Crippen molar-refractivity contribution in [1.29, 1.82) is 0 Å². The maximum Gasteiger partial charge on any atom is 0.321 e. The molecule has 25 N–H and O–H groups in total. The summed E-state index contributed by atoms with van der Waals surface area (Å²) in [7, 11) is 0. The molecule has 0 aromatic rings. The van der Waals surface area contributed by atoms with Crippen LogP contribution in [0.3, 0.4) is 0 Å². The average Bonchev–Trinajstić information content (AvgIpc) is 0.884. The lowest BCUT2D eigenvalue weighted by Gasteiger charge is -2.50. The molecule has 0 aromatic carbocycles. The van der Waals surface area contributed by atoms with Gasteiger partial charge in [0.25, 0.3) is 0 Å². The van der Waals surface area contributed by atoms with Crippen molar-refractivity contribution in [3.8, 4) is 0 Å². The zero-order chi connectivity index (χ0) is 65.2. The molecule has 21 aliphatic heterocycles. The zero-order valence-corrected chi connectivity index (χ0v) is 48.3. The first kappa shape index (κ1) is 73.1. The largest absolute Gasteiger partial charge is 0.480 e. The highest BCUT2D eigenvalue weighted by molar-refractivity contribution is 7.99. The van der Waals surface area contributed by atoms with E-state index in [-0.39, 0.29) is 11.5 Å². The lowest BCUT2D eigenvalue weighted by atomic mass is 9.95. The van der Waals surface area contributed by atoms with Crippen molar-refractivity contribution in [1.82, 2.24) is 0 Å². The van der Waals surface area contributed by atoms with Crippen molar-refractivity contribution >= 4 is 35.5 Å². The third kappa shape index (κ3) is 15.9. The molecule has 0 radical (unpaired) electrons. The molecule has 37 atom stereocenters. The Bertz CT molecular complexity index is 2200. The van der Waals surface area contributed by atoms with Crippen LogP contribution < -0.4 is 11.5 Å². The normalized spacial score (nSPS) is 50.1. The molecule has 21 saturated heterocycles. The van der Waals surface area contributed by atoms with Gasteiger partial charge < -0.3 is 185 Å². The molecule has 89 heavy (non-hydrogen) atoms. The Balaban J connectivity index is 1.11. The molecule has 21 aliphatic rings. The van der Waals surface area contributed by atoms with Crippen molar-refractivity contribution in [2.75, 3.05) is 56.0 Å². The van der Waals surface area contributed by atoms with Crippen molar-refractivity contribution in [2.45, 2.75) is 227 Å². The lowest BCUT2D eigenvalue weighted by molar-refractivity contribution is -0.395. The molecule has 0 saturated carbocycles. The molecular formula is C48H80N2O37S2. The first-order valence-corrected chi connectivity index (χ1v) is 30.4. The summed E-state index contributed by atoms with van der Waals surface area (Å²) in [4.78, 5) is 23.2. The van der Waals surface area contributed by atoms with Crippen LogP contribution >= 0.6 is 23.5 Å². The number of nitrogens with two attached hydrogens (primary N) is 2. The second-order valence-electron chi connectivity index (χ2n) is 22.3. The van der Waals surface area contributed by atoms with Crippen LogP contribution in [0.1, 0.15) is 0 Å². The molecule has 0 aromatic heterocycles. The quantitative estimate of drug-likeness (QED) is 0.0724. The predicted molar refractivity (Wildman–Crippen MR) is 280 cm³/mol. The standard InChI is InChI=1S/C48H80N2O37S2/c49-10(40(70)71)6-88-8-17-38-25(62)32(69)48(80-17)85-37-16(5-55)76-44(28(65)21(37)58)83-35-14(3-53)78-46(30(67)23(35)60)87-39-18(9-89-7-11(50)41(72)73)79-47(31(68)24(39)61)84-36-15(4-54)75-43(27(64)20(36)57)81-33-12(1-51)74-42(26(63)19(33)56)82-34-13(2-52)77-45(86-38)29(66)22(34)59/h10-39,42-48,51-69H,1-9,49-50H2,(H,70,71)(H,72,73)/t10-,11-,12?,13?,14?,15?,16?,17?,18?,19-,20-,21-,22-,23-,24-,25-,26?,27?,28?,29?,30?,31?,32?,33-,34-,35-,36-,37-,38+,39-,42-,43-,44+,45-,46+,47+,48-/m1/s1. The van der Waals surface area contributed by atoms with E-state index in [1.807, 2.05) is 0 Å². The molecule has 21 heterocycles. The number of hydrogen-bond donors (Lipinski definition) is 23. The highest BCUT2D eigenvalue weighted by Crippen LogP contribution is 2.40. The fourth-order valence-corrected chi connectivity index (χ4v) is 13.2. The zero-order valence-electron chi connectivity index (χ0n) is 46.6. The molecular weight excluding hydrogens is 1260 g/mol. The van der Waals surface area contributed by atoms with Crippen LogP contribution in [0.5, 0.6) is 0 Å². The van der Waals surface area contributed by atoms with E-state index in [9.17, 15) is 117 Å². The maximum atomic E-state index is 11.7. The number of aliphatic carboxylic acids is 2. The minimum Gasteiger partial charge on any atom is -0.480 e. The summed E-state index contributed by atoms with van der Waals surface area (Å²) >= 11 is 1.60. The summed E-state index contributed by atoms with van der Waals surface area (Å²) < 4.78 is 81.6. The van der Waals surface area contributed by atoms with Crippen LogP contribution in [0, 0.1) is 0 Å². The second kappa shape index (κ2) is 31.9. The fraction of sp³-hybridized carbons (Fsp3) is 0.958. The van der Waals surface area contributed by atoms with Gasteiger partial charge in [0.1, 0.15) is 171 Å². The van der Waals surface area contributed by atoms with Gasteiger partial charge in [-0.15, -0.1) is 0 Å². The van der Waals surface area contributed by atoms with Crippen LogP contribution in [-0.4, -0.2) is 402 Å². The Kier molecular flexibility index (Phi) is 26.2. The summed E-state index contributed by atoms with van der Waals surface area (Å²) in [6, 6.07) is -2.94. The van der Waals surface area contributed by atoms with Crippen LogP contribution in [-0.2, 0) is 75.9 Å². The van der Waals surface area contributed by atoms with Gasteiger partial charge in [0, 0.05) is 23.0 Å². The number of aliphatic hydroxyl groups is 19. The number of ether oxygens (including phenoxy) is 14. The van der Waals surface area contributed by atoms with E-state index in [4.69, 9.17) is 77.8 Å². The molecule has 516 valence electrons. The molecule has 21 rings (SSSR count). The average molecular weight is 1340 g/mol. The third-order valence-electron chi connectivity index (χ3n) is 16.2. The van der Waals surface area contributed by atoms with Gasteiger partial charge in [0.05, 0.1) is 45.2 Å². The number of aliphatic hydroxyl groups excluding tert-OH is 19. The first-order valence-electron chi connectivity index (χ1n) is 28.1. The van der Waals surface area contributed by atoms with E-state index < -0.39 is 284 Å². The van der Waals surface area contributed by atoms with E-state index in [2.05, 4.69) is 0 Å². The topological polar surface area (TPSA) is 640 Å². The molecule has 14 unspecified atom stereocenters. The number of thioether (sulfide) groups is 2. The van der Waals surface area contributed by atoms with Crippen molar-refractivity contribution in [3.63, 3.8) is 0 Å². The van der Waals surface area contributed by atoms with Crippen molar-refractivity contribution in [2.24, 2.45) is 11.5 Å². The molecule has 14 bridgehead atoms. The Morgan fingerprint density at radius 2 is 0.438 bits per heavy atom. The predicted octanol–water partition coefficient (Wildman–Crippen LogP) is -14.9. The van der Waals surface area contributed by atoms with Gasteiger partial charge in [0.2, 0.25) is 0 Å². The van der Waals surface area contributed by atoms with Gasteiger partial charge in [-0.3, -0.25) is 9.59 Å². The number of carboxylic acids is 2. The van der Waals surface area contributed by atoms with Crippen LogP contribution in [0.15, 0.2) is 0 Å². The van der Waals surface area contributed by atoms with E-state index in [1.54, 1.807) is 0 Å². The van der Waals surface area contributed by atoms with Gasteiger partial charge >= 0.3 is 11.9 Å². The van der Waals surface area contributed by atoms with Crippen LogP contribution in [0.4, 0.5) is 0 Å². The molecule has 0 aliphatic carbocycles. The molecule has 21 fully saturated rings. The number of carboxylic acid groups (broad SMARTS) is 2. The highest BCUT2D eigenvalue weighted by atomic mass is 32.2. The Morgan fingerprint density at radius 1 is 0.281 bits per heavy atom. The molecule has 0 amide bonds. The molecule has 0 spiro atoms. The van der Waals surface area contributed by atoms with E-state index in [0.29, 0.717) is 0 Å². The van der Waals surface area contributed by atoms with Crippen molar-refractivity contribution < 1.29 is 183 Å². The van der Waals surface area contributed by atoms with Gasteiger partial charge in [-0.1, -0.05) is 0 Å². The Labute approximate surface area is 511 Å². The summed E-state index contributed by atoms with van der Waals surface area (Å²) in [6.45, 7) is -5.43. The fourth-order valence-electron chi connectivity index (χ4n) is 11.2. The SMILES string of the molecule is N[C@H](CSCC1O[C@H]2O[C@@H]3C(CO)O[C@H](O[C@@H]4C(CO)O[C@H](O[C@@H]5C(CO)O[C@H](O[C@H]6C(CSC[C@@H](N)C(=O)O)O[C@H](O[C@@H]7C(CO)O[C@@H](O[C@@H]8C(CO)O[C@@H](O[C@H]1[C@H](O)C2O)C(O)[C@H]8O)C(O)[C@H]7O)C(O)[C@H]6O)C(O)[C@H]5O)C(O)[C@H]4O)C(O)[C@H]3O)C(=O)O. The lowest BCUT2D eigenvalue weighted by Crippen LogP contribution is -2.68. The van der Waals surface area contributed by atoms with Crippen LogP contribution in [0.25, 0.3) is 0 Å². The Morgan fingerprint density at radius 3 is 0.596 bits per heavy atom. The van der Waals surface area contributed by atoms with E-state index in [1.165, 1.54) is 0 Å². The minimum atomic E-state index is -2.27. The highest BCUT2D eigenvalue weighted by Gasteiger charge is 2.60. The van der Waals surface area contributed by atoms with E-state index in [0.717, 1.165) is 23.5 Å².